The molecule has 0 amide bonds. The second-order valence-electron chi connectivity index (χ2n) is 2.64. The topological polar surface area (TPSA) is 35.0 Å². The zero-order chi connectivity index (χ0) is 10.1. The fraction of sp³-hybridized carbons (Fsp3) is 0.111. The van der Waals surface area contributed by atoms with Crippen LogP contribution in [0.3, 0.4) is 0 Å². The molecule has 0 atom stereocenters. The molecule has 2 rings (SSSR count). The lowest BCUT2D eigenvalue weighted by Crippen LogP contribution is -1.92. The number of benzene rings is 1. The number of aromatic nitrogens is 2. The highest BCUT2D eigenvalue weighted by Crippen LogP contribution is 2.33. The van der Waals surface area contributed by atoms with Crippen LogP contribution in [0.1, 0.15) is 0 Å². The highest BCUT2D eigenvalue weighted by atomic mass is 79.9. The molecular weight excluding hydrogens is 267 g/mol. The molecule has 0 spiro atoms. The molecule has 14 heavy (non-hydrogen) atoms. The molecule has 0 bridgehead atoms. The van der Waals surface area contributed by atoms with Gasteiger partial charge in [-0.15, -0.1) is 0 Å². The number of fused-ring (bicyclic) bond motifs is 1. The van der Waals surface area contributed by atoms with Crippen LogP contribution in [0.15, 0.2) is 22.9 Å². The van der Waals surface area contributed by atoms with Gasteiger partial charge in [-0.3, -0.25) is 0 Å². The van der Waals surface area contributed by atoms with Crippen LogP contribution in [0, 0.1) is 0 Å². The Balaban J connectivity index is 2.92. The van der Waals surface area contributed by atoms with E-state index in [-0.39, 0.29) is 0 Å². The summed E-state index contributed by atoms with van der Waals surface area (Å²) >= 11 is 9.40. The van der Waals surface area contributed by atoms with E-state index in [0.717, 1.165) is 9.86 Å². The first-order valence-electron chi connectivity index (χ1n) is 3.86. The first kappa shape index (κ1) is 9.68. The molecule has 0 radical (unpaired) electrons. The van der Waals surface area contributed by atoms with Gasteiger partial charge in [0.05, 0.1) is 23.0 Å². The van der Waals surface area contributed by atoms with Crippen molar-refractivity contribution in [2.75, 3.05) is 7.11 Å². The van der Waals surface area contributed by atoms with Gasteiger partial charge < -0.3 is 4.74 Å². The van der Waals surface area contributed by atoms with E-state index in [0.29, 0.717) is 16.4 Å². The van der Waals surface area contributed by atoms with Crippen LogP contribution < -0.4 is 4.74 Å². The average Bonchev–Trinajstić information content (AvgIpc) is 2.23. The molecule has 0 saturated heterocycles. The van der Waals surface area contributed by atoms with E-state index in [2.05, 4.69) is 25.9 Å². The Hall–Kier alpha value is -0.870. The molecule has 0 unspecified atom stereocenters. The van der Waals surface area contributed by atoms with E-state index in [4.69, 9.17) is 16.3 Å². The van der Waals surface area contributed by atoms with Crippen molar-refractivity contribution >= 4 is 38.4 Å². The largest absolute Gasteiger partial charge is 0.480 e. The van der Waals surface area contributed by atoms with Gasteiger partial charge in [-0.1, -0.05) is 11.6 Å². The fourth-order valence-corrected chi connectivity index (χ4v) is 1.92. The van der Waals surface area contributed by atoms with Gasteiger partial charge in [-0.2, -0.15) is 0 Å². The second kappa shape index (κ2) is 3.71. The number of methoxy groups -OCH3 is 1. The number of halogens is 2. The predicted octanol–water partition coefficient (Wildman–Crippen LogP) is 3.05. The Kier molecular flexibility index (Phi) is 2.56. The third kappa shape index (κ3) is 1.44. The molecule has 0 aliphatic heterocycles. The molecule has 2 aromatic rings. The summed E-state index contributed by atoms with van der Waals surface area (Å²) in [4.78, 5) is 8.10. The third-order valence-electron chi connectivity index (χ3n) is 1.85. The SMILES string of the molecule is COc1ncnc2c(Cl)ccc(Br)c12. The van der Waals surface area contributed by atoms with Crippen molar-refractivity contribution in [1.82, 2.24) is 9.97 Å². The number of nitrogens with zero attached hydrogens (tertiary/aromatic N) is 2. The quantitative estimate of drug-likeness (QED) is 0.801. The summed E-state index contributed by atoms with van der Waals surface area (Å²) in [6, 6.07) is 3.62. The molecule has 0 N–H and O–H groups in total. The van der Waals surface area contributed by atoms with Crippen molar-refractivity contribution in [3.8, 4) is 5.88 Å². The van der Waals surface area contributed by atoms with Crippen LogP contribution in [-0.2, 0) is 0 Å². The maximum absolute atomic E-state index is 5.99. The lowest BCUT2D eigenvalue weighted by Gasteiger charge is -2.05. The molecule has 72 valence electrons. The highest BCUT2D eigenvalue weighted by molar-refractivity contribution is 9.10. The third-order valence-corrected chi connectivity index (χ3v) is 2.81. The lowest BCUT2D eigenvalue weighted by molar-refractivity contribution is 0.402. The Morgan fingerprint density at radius 1 is 1.36 bits per heavy atom. The van der Waals surface area contributed by atoms with Crippen LogP contribution >= 0.6 is 27.5 Å². The smallest absolute Gasteiger partial charge is 0.225 e. The molecular formula is C9H6BrClN2O. The van der Waals surface area contributed by atoms with Gasteiger partial charge in [0.15, 0.2) is 0 Å². The number of rotatable bonds is 1. The van der Waals surface area contributed by atoms with E-state index < -0.39 is 0 Å². The molecule has 0 aliphatic carbocycles. The molecule has 0 saturated carbocycles. The monoisotopic (exact) mass is 272 g/mol. The normalized spacial score (nSPS) is 10.5. The van der Waals surface area contributed by atoms with E-state index >= 15 is 0 Å². The van der Waals surface area contributed by atoms with E-state index in [1.54, 1.807) is 13.2 Å². The summed E-state index contributed by atoms with van der Waals surface area (Å²) in [6.07, 6.45) is 1.43. The van der Waals surface area contributed by atoms with Crippen LogP contribution in [0.2, 0.25) is 5.02 Å². The Morgan fingerprint density at radius 2 is 2.14 bits per heavy atom. The number of hydrogen-bond acceptors (Lipinski definition) is 3. The van der Waals surface area contributed by atoms with Gasteiger partial charge in [0.25, 0.3) is 0 Å². The van der Waals surface area contributed by atoms with E-state index in [1.165, 1.54) is 6.33 Å². The van der Waals surface area contributed by atoms with Gasteiger partial charge in [-0.25, -0.2) is 9.97 Å². The van der Waals surface area contributed by atoms with Gasteiger partial charge in [0, 0.05) is 4.47 Å². The second-order valence-corrected chi connectivity index (χ2v) is 3.90. The molecule has 5 heteroatoms. The zero-order valence-electron chi connectivity index (χ0n) is 7.29. The van der Waals surface area contributed by atoms with Crippen LogP contribution in [-0.4, -0.2) is 17.1 Å². The molecule has 3 nitrogen and oxygen atoms in total. The van der Waals surface area contributed by atoms with Crippen molar-refractivity contribution < 1.29 is 4.74 Å². The van der Waals surface area contributed by atoms with Gasteiger partial charge in [-0.05, 0) is 28.1 Å². The fourth-order valence-electron chi connectivity index (χ4n) is 1.23. The first-order valence-corrected chi connectivity index (χ1v) is 5.04. The standard InChI is InChI=1S/C9H6BrClN2O/c1-14-9-7-5(10)2-3-6(11)8(7)12-4-13-9/h2-4H,1H3. The van der Waals surface area contributed by atoms with Crippen molar-refractivity contribution in [3.05, 3.63) is 28.0 Å². The van der Waals surface area contributed by atoms with Crippen LogP contribution in [0.25, 0.3) is 10.9 Å². The maximum Gasteiger partial charge on any atom is 0.225 e. The summed E-state index contributed by atoms with van der Waals surface area (Å²) in [5.41, 5.74) is 0.688. The summed E-state index contributed by atoms with van der Waals surface area (Å²) in [5.74, 6) is 0.518. The summed E-state index contributed by atoms with van der Waals surface area (Å²) < 4.78 is 5.99. The molecule has 0 aliphatic rings. The zero-order valence-corrected chi connectivity index (χ0v) is 9.63. The average molecular weight is 274 g/mol. The lowest BCUT2D eigenvalue weighted by atomic mass is 10.2. The van der Waals surface area contributed by atoms with E-state index in [1.807, 2.05) is 6.07 Å². The Labute approximate surface area is 94.2 Å². The highest BCUT2D eigenvalue weighted by Gasteiger charge is 2.10. The summed E-state index contributed by atoms with van der Waals surface area (Å²) in [7, 11) is 1.56. The van der Waals surface area contributed by atoms with Crippen molar-refractivity contribution in [2.45, 2.75) is 0 Å². The Bertz CT molecular complexity index is 489. The van der Waals surface area contributed by atoms with Gasteiger partial charge >= 0.3 is 0 Å². The van der Waals surface area contributed by atoms with Crippen molar-refractivity contribution in [2.24, 2.45) is 0 Å². The molecule has 1 aromatic heterocycles. The molecule has 1 heterocycles. The van der Waals surface area contributed by atoms with Crippen molar-refractivity contribution in [3.63, 3.8) is 0 Å². The number of hydrogen-bond donors (Lipinski definition) is 0. The summed E-state index contributed by atoms with van der Waals surface area (Å²) in [6.45, 7) is 0. The van der Waals surface area contributed by atoms with E-state index in [9.17, 15) is 0 Å². The van der Waals surface area contributed by atoms with Crippen molar-refractivity contribution in [1.29, 1.82) is 0 Å². The molecule has 1 aromatic carbocycles. The van der Waals surface area contributed by atoms with Crippen LogP contribution in [0.5, 0.6) is 5.88 Å². The first-order chi connectivity index (χ1) is 6.74. The minimum absolute atomic E-state index is 0.518. The van der Waals surface area contributed by atoms with Gasteiger partial charge in [0.2, 0.25) is 5.88 Å². The predicted molar refractivity (Wildman–Crippen MR) is 58.8 cm³/mol. The summed E-state index contributed by atoms with van der Waals surface area (Å²) in [5, 5.41) is 1.38. The number of ether oxygens (including phenoxy) is 1. The minimum Gasteiger partial charge on any atom is -0.480 e. The van der Waals surface area contributed by atoms with Crippen LogP contribution in [0.4, 0.5) is 0 Å². The molecule has 0 fully saturated rings. The Morgan fingerprint density at radius 3 is 2.86 bits per heavy atom. The minimum atomic E-state index is 0.518. The van der Waals surface area contributed by atoms with Gasteiger partial charge in [0.1, 0.15) is 6.33 Å². The maximum atomic E-state index is 5.99.